The minimum absolute atomic E-state index is 0.253. The molecule has 0 spiro atoms. The molecule has 0 fully saturated rings. The molecule has 2 N–H and O–H groups in total. The van der Waals surface area contributed by atoms with Gasteiger partial charge in [0.1, 0.15) is 18.2 Å². The molecule has 3 heterocycles. The lowest BCUT2D eigenvalue weighted by Gasteiger charge is -2.03. The van der Waals surface area contributed by atoms with Crippen LogP contribution < -0.4 is 10.6 Å². The fourth-order valence-electron chi connectivity index (χ4n) is 2.83. The van der Waals surface area contributed by atoms with Gasteiger partial charge in [-0.2, -0.15) is 0 Å². The molecule has 0 bridgehead atoms. The Morgan fingerprint density at radius 2 is 2.19 bits per heavy atom. The minimum atomic E-state index is -0.371. The Hall–Kier alpha value is -2.56. The normalized spacial score (nSPS) is 23.2. The largest absolute Gasteiger partial charge is 0.488 e. The smallest absolute Gasteiger partial charge is 0.260 e. The lowest BCUT2D eigenvalue weighted by atomic mass is 10.1. The maximum absolute atomic E-state index is 13.2. The van der Waals surface area contributed by atoms with Crippen molar-refractivity contribution in [3.05, 3.63) is 58.8 Å². The van der Waals surface area contributed by atoms with Crippen LogP contribution in [0.5, 0.6) is 0 Å². The molecule has 0 saturated heterocycles. The Balaban J connectivity index is 1.78. The maximum Gasteiger partial charge on any atom is 0.260 e. The molecule has 0 atom stereocenters. The molecule has 0 aliphatic carbocycles. The first kappa shape index (κ1) is 12.2. The summed E-state index contributed by atoms with van der Waals surface area (Å²) in [4.78, 5) is 12.1. The second kappa shape index (κ2) is 4.48. The number of allylic oxidation sites excluding steroid dienone is 1. The third-order valence-electron chi connectivity index (χ3n) is 3.82. The molecule has 4 nitrogen and oxygen atoms in total. The lowest BCUT2D eigenvalue weighted by Crippen LogP contribution is -2.09. The summed E-state index contributed by atoms with van der Waals surface area (Å²) in [7, 11) is 0. The first-order chi connectivity index (χ1) is 10.2. The Morgan fingerprint density at radius 3 is 3.00 bits per heavy atom. The molecule has 0 unspecified atom stereocenters. The van der Waals surface area contributed by atoms with E-state index >= 15 is 0 Å². The molecule has 106 valence electrons. The quantitative estimate of drug-likeness (QED) is 0.778. The van der Waals surface area contributed by atoms with E-state index < -0.39 is 0 Å². The third kappa shape index (κ3) is 1.93. The Kier molecular flexibility index (Phi) is 2.60. The number of halogens is 1. The highest BCUT2D eigenvalue weighted by Crippen LogP contribution is 2.37. The van der Waals surface area contributed by atoms with Gasteiger partial charge in [-0.25, -0.2) is 4.39 Å². The number of anilines is 1. The van der Waals surface area contributed by atoms with Gasteiger partial charge in [-0.15, -0.1) is 0 Å². The molecule has 3 aliphatic rings. The predicted octanol–water partition coefficient (Wildman–Crippen LogP) is 2.32. The molecule has 0 radical (unpaired) electrons. The molecule has 0 aromatic heterocycles. The number of ether oxygens (including phenoxy) is 1. The van der Waals surface area contributed by atoms with Crippen LogP contribution in [0.3, 0.4) is 0 Å². The van der Waals surface area contributed by atoms with Crippen LogP contribution in [0, 0.1) is 5.82 Å². The molecule has 4 rings (SSSR count). The van der Waals surface area contributed by atoms with Gasteiger partial charge in [0.15, 0.2) is 0 Å². The molecule has 21 heavy (non-hydrogen) atoms. The summed E-state index contributed by atoms with van der Waals surface area (Å²) in [6.45, 7) is 1.38. The lowest BCUT2D eigenvalue weighted by molar-refractivity contribution is -0.110. The molecule has 1 aromatic carbocycles. The highest BCUT2D eigenvalue weighted by atomic mass is 19.1. The van der Waals surface area contributed by atoms with Gasteiger partial charge < -0.3 is 15.4 Å². The van der Waals surface area contributed by atoms with Crippen LogP contribution in [0.15, 0.2) is 47.4 Å². The van der Waals surface area contributed by atoms with Gasteiger partial charge in [0.05, 0.1) is 11.3 Å². The second-order valence-corrected chi connectivity index (χ2v) is 5.17. The van der Waals surface area contributed by atoms with Crippen molar-refractivity contribution < 1.29 is 13.9 Å². The Labute approximate surface area is 121 Å². The summed E-state index contributed by atoms with van der Waals surface area (Å²) in [5, 5.41) is 5.96. The zero-order valence-electron chi connectivity index (χ0n) is 11.2. The van der Waals surface area contributed by atoms with Crippen LogP contribution in [-0.4, -0.2) is 19.1 Å². The number of carbonyl (C=O) groups excluding carboxylic acids is 1. The van der Waals surface area contributed by atoms with E-state index in [0.29, 0.717) is 29.2 Å². The van der Waals surface area contributed by atoms with Crippen LogP contribution in [-0.2, 0) is 9.53 Å². The highest BCUT2D eigenvalue weighted by Gasteiger charge is 2.30. The van der Waals surface area contributed by atoms with Crippen molar-refractivity contribution in [2.75, 3.05) is 18.5 Å². The number of hydrogen-bond acceptors (Lipinski definition) is 3. The van der Waals surface area contributed by atoms with Crippen LogP contribution in [0.25, 0.3) is 5.57 Å². The summed E-state index contributed by atoms with van der Waals surface area (Å²) >= 11 is 0. The van der Waals surface area contributed by atoms with Crippen LogP contribution in [0.1, 0.15) is 12.0 Å². The maximum atomic E-state index is 13.2. The average Bonchev–Trinajstić information content (AvgIpc) is 3.15. The highest BCUT2D eigenvalue weighted by molar-refractivity contribution is 6.32. The van der Waals surface area contributed by atoms with Crippen molar-refractivity contribution >= 4 is 17.2 Å². The van der Waals surface area contributed by atoms with Gasteiger partial charge in [0.25, 0.3) is 5.91 Å². The van der Waals surface area contributed by atoms with Gasteiger partial charge in [0.2, 0.25) is 0 Å². The van der Waals surface area contributed by atoms with Gasteiger partial charge >= 0.3 is 0 Å². The SMILES string of the molecule is O=C1Nc2cc(F)ccc2/C1=C1/C=C(C2=CCCN2)CO1. The van der Waals surface area contributed by atoms with Crippen molar-refractivity contribution in [3.63, 3.8) is 0 Å². The Bertz CT molecular complexity index is 747. The molecular weight excluding hydrogens is 271 g/mol. The van der Waals surface area contributed by atoms with Gasteiger partial charge in [-0.3, -0.25) is 4.79 Å². The summed E-state index contributed by atoms with van der Waals surface area (Å²) in [6, 6.07) is 4.27. The van der Waals surface area contributed by atoms with Crippen molar-refractivity contribution in [3.8, 4) is 0 Å². The van der Waals surface area contributed by atoms with Crippen molar-refractivity contribution in [2.45, 2.75) is 6.42 Å². The van der Waals surface area contributed by atoms with Gasteiger partial charge in [0, 0.05) is 23.4 Å². The van der Waals surface area contributed by atoms with Crippen molar-refractivity contribution in [2.24, 2.45) is 0 Å². The summed E-state index contributed by atoms with van der Waals surface area (Å²) < 4.78 is 18.9. The van der Waals surface area contributed by atoms with Crippen LogP contribution in [0.4, 0.5) is 10.1 Å². The predicted molar refractivity (Wildman–Crippen MR) is 76.7 cm³/mol. The van der Waals surface area contributed by atoms with E-state index in [1.807, 2.05) is 6.08 Å². The summed E-state index contributed by atoms with van der Waals surface area (Å²) in [5.41, 5.74) is 3.76. The van der Waals surface area contributed by atoms with E-state index in [0.717, 1.165) is 24.2 Å². The topological polar surface area (TPSA) is 50.4 Å². The first-order valence-corrected chi connectivity index (χ1v) is 6.86. The second-order valence-electron chi connectivity index (χ2n) is 5.17. The number of benzene rings is 1. The van der Waals surface area contributed by atoms with E-state index in [4.69, 9.17) is 4.74 Å². The first-order valence-electron chi connectivity index (χ1n) is 6.86. The van der Waals surface area contributed by atoms with E-state index in [1.54, 1.807) is 6.07 Å². The molecule has 1 amide bonds. The van der Waals surface area contributed by atoms with Crippen molar-refractivity contribution in [1.29, 1.82) is 0 Å². The average molecular weight is 284 g/mol. The zero-order valence-corrected chi connectivity index (χ0v) is 11.2. The van der Waals surface area contributed by atoms with E-state index in [-0.39, 0.29) is 11.7 Å². The van der Waals surface area contributed by atoms with Crippen molar-refractivity contribution in [1.82, 2.24) is 5.32 Å². The number of nitrogens with one attached hydrogen (secondary N) is 2. The van der Waals surface area contributed by atoms with Gasteiger partial charge in [-0.05, 0) is 30.7 Å². The van der Waals surface area contributed by atoms with E-state index in [9.17, 15) is 9.18 Å². The fourth-order valence-corrected chi connectivity index (χ4v) is 2.83. The summed E-state index contributed by atoms with van der Waals surface area (Å²) in [6.07, 6.45) is 5.01. The van der Waals surface area contributed by atoms with E-state index in [2.05, 4.69) is 16.7 Å². The van der Waals surface area contributed by atoms with Crippen LogP contribution in [0.2, 0.25) is 0 Å². The number of fused-ring (bicyclic) bond motifs is 1. The molecule has 3 aliphatic heterocycles. The number of carbonyl (C=O) groups is 1. The van der Waals surface area contributed by atoms with E-state index in [1.165, 1.54) is 12.1 Å². The van der Waals surface area contributed by atoms with Gasteiger partial charge in [-0.1, -0.05) is 6.08 Å². The molecule has 1 aromatic rings. The Morgan fingerprint density at radius 1 is 1.29 bits per heavy atom. The number of hydrogen-bond donors (Lipinski definition) is 2. The summed E-state index contributed by atoms with van der Waals surface area (Å²) in [5.74, 6) is -0.0805. The monoisotopic (exact) mass is 284 g/mol. The molecule has 0 saturated carbocycles. The molecular formula is C16H13FN2O2. The number of rotatable bonds is 1. The molecule has 5 heteroatoms. The standard InChI is InChI=1S/C16H13FN2O2/c17-10-3-4-11-13(7-10)19-16(20)15(11)14-6-9(8-21-14)12-2-1-5-18-12/h2-4,6-7,18H,1,5,8H2,(H,19,20)/b15-14+. The zero-order chi connectivity index (χ0) is 14.4. The fraction of sp³-hybridized carbons (Fsp3) is 0.188. The minimum Gasteiger partial charge on any atom is -0.488 e. The van der Waals surface area contributed by atoms with Crippen LogP contribution >= 0.6 is 0 Å². The number of amides is 1. The third-order valence-corrected chi connectivity index (χ3v) is 3.82.